The van der Waals surface area contributed by atoms with E-state index in [1.54, 1.807) is 31.2 Å². The molecule has 0 bridgehead atoms. The van der Waals surface area contributed by atoms with Gasteiger partial charge in [0.1, 0.15) is 0 Å². The Balaban J connectivity index is 1.81. The Morgan fingerprint density at radius 3 is 2.47 bits per heavy atom. The molecule has 2 amide bonds. The summed E-state index contributed by atoms with van der Waals surface area (Å²) in [4.78, 5) is 25.0. The van der Waals surface area contributed by atoms with Crippen molar-refractivity contribution in [3.8, 4) is 0 Å². The number of rotatable bonds is 3. The highest BCUT2D eigenvalue weighted by atomic mass is 79.9. The van der Waals surface area contributed by atoms with Crippen molar-refractivity contribution in [1.29, 1.82) is 0 Å². The zero-order valence-corrected chi connectivity index (χ0v) is 12.1. The van der Waals surface area contributed by atoms with Gasteiger partial charge >= 0.3 is 0 Å². The summed E-state index contributed by atoms with van der Waals surface area (Å²) < 4.78 is 0.892. The van der Waals surface area contributed by atoms with E-state index in [2.05, 4.69) is 21.2 Å². The van der Waals surface area contributed by atoms with Gasteiger partial charge in [0.25, 0.3) is 5.91 Å². The molecule has 0 saturated carbocycles. The molecule has 5 nitrogen and oxygen atoms in total. The molecule has 1 aromatic carbocycles. The zero-order valence-electron chi connectivity index (χ0n) is 10.5. The van der Waals surface area contributed by atoms with E-state index in [9.17, 15) is 14.7 Å². The number of hydrogen-bond donors (Lipinski definition) is 2. The van der Waals surface area contributed by atoms with Crippen LogP contribution in [0.2, 0.25) is 0 Å². The SMILES string of the molecule is CC1(O)CN(C(=O)CNC(=O)c2ccc(Br)cc2)C1. The lowest BCUT2D eigenvalue weighted by Crippen LogP contribution is -2.63. The Hall–Kier alpha value is -1.40. The van der Waals surface area contributed by atoms with Gasteiger partial charge in [-0.25, -0.2) is 0 Å². The van der Waals surface area contributed by atoms with Crippen LogP contribution in [0.1, 0.15) is 17.3 Å². The molecule has 1 aliphatic rings. The number of halogens is 1. The minimum absolute atomic E-state index is 0.0506. The summed E-state index contributed by atoms with van der Waals surface area (Å²) in [6, 6.07) is 6.89. The second-order valence-electron chi connectivity index (χ2n) is 4.94. The van der Waals surface area contributed by atoms with E-state index in [4.69, 9.17) is 0 Å². The number of carbonyl (C=O) groups is 2. The van der Waals surface area contributed by atoms with Crippen LogP contribution in [0, 0.1) is 0 Å². The van der Waals surface area contributed by atoms with Crippen molar-refractivity contribution < 1.29 is 14.7 Å². The standard InChI is InChI=1S/C13H15BrN2O3/c1-13(19)7-16(8-13)11(17)6-15-12(18)9-2-4-10(14)5-3-9/h2-5,19H,6-8H2,1H3,(H,15,18). The Morgan fingerprint density at radius 1 is 1.37 bits per heavy atom. The van der Waals surface area contributed by atoms with E-state index < -0.39 is 5.60 Å². The highest BCUT2D eigenvalue weighted by Crippen LogP contribution is 2.19. The zero-order chi connectivity index (χ0) is 14.0. The number of aliphatic hydroxyl groups is 1. The lowest BCUT2D eigenvalue weighted by molar-refractivity contribution is -0.151. The second kappa shape index (κ2) is 5.30. The van der Waals surface area contributed by atoms with Crippen LogP contribution < -0.4 is 5.32 Å². The summed E-state index contributed by atoms with van der Waals surface area (Å²) in [5, 5.41) is 12.1. The van der Waals surface area contributed by atoms with Gasteiger partial charge < -0.3 is 15.3 Å². The first-order valence-electron chi connectivity index (χ1n) is 5.91. The third-order valence-corrected chi connectivity index (χ3v) is 3.45. The van der Waals surface area contributed by atoms with Crippen LogP contribution in [0.5, 0.6) is 0 Å². The van der Waals surface area contributed by atoms with Gasteiger partial charge in [-0.05, 0) is 31.2 Å². The molecule has 0 unspecified atom stereocenters. The minimum atomic E-state index is -0.786. The summed E-state index contributed by atoms with van der Waals surface area (Å²) >= 11 is 3.29. The van der Waals surface area contributed by atoms with Gasteiger partial charge in [-0.15, -0.1) is 0 Å². The molecule has 102 valence electrons. The van der Waals surface area contributed by atoms with E-state index in [-0.39, 0.29) is 18.4 Å². The van der Waals surface area contributed by atoms with Crippen molar-refractivity contribution >= 4 is 27.7 Å². The first-order chi connectivity index (χ1) is 8.87. The van der Waals surface area contributed by atoms with Crippen molar-refractivity contribution in [3.63, 3.8) is 0 Å². The van der Waals surface area contributed by atoms with E-state index in [1.165, 1.54) is 4.90 Å². The van der Waals surface area contributed by atoms with E-state index in [0.717, 1.165) is 4.47 Å². The highest BCUT2D eigenvalue weighted by Gasteiger charge is 2.39. The molecule has 2 rings (SSSR count). The van der Waals surface area contributed by atoms with Crippen molar-refractivity contribution in [2.24, 2.45) is 0 Å². The molecule has 0 aromatic heterocycles. The number of carbonyl (C=O) groups excluding carboxylic acids is 2. The monoisotopic (exact) mass is 326 g/mol. The number of amides is 2. The number of benzene rings is 1. The van der Waals surface area contributed by atoms with Crippen LogP contribution >= 0.6 is 15.9 Å². The van der Waals surface area contributed by atoms with Gasteiger partial charge in [-0.1, -0.05) is 15.9 Å². The molecule has 0 aliphatic carbocycles. The summed E-state index contributed by atoms with van der Waals surface area (Å²) in [6.07, 6.45) is 0. The number of nitrogens with one attached hydrogen (secondary N) is 1. The van der Waals surface area contributed by atoms with Gasteiger partial charge in [0.05, 0.1) is 25.2 Å². The molecule has 0 radical (unpaired) electrons. The summed E-state index contributed by atoms with van der Waals surface area (Å²) in [5.41, 5.74) is -0.280. The maximum Gasteiger partial charge on any atom is 0.251 e. The quantitative estimate of drug-likeness (QED) is 0.862. The molecule has 2 N–H and O–H groups in total. The largest absolute Gasteiger partial charge is 0.386 e. The van der Waals surface area contributed by atoms with Gasteiger partial charge in [-0.2, -0.15) is 0 Å². The normalized spacial score (nSPS) is 16.7. The maximum atomic E-state index is 11.8. The van der Waals surface area contributed by atoms with E-state index >= 15 is 0 Å². The van der Waals surface area contributed by atoms with E-state index in [0.29, 0.717) is 18.7 Å². The topological polar surface area (TPSA) is 69.6 Å². The van der Waals surface area contributed by atoms with Crippen LogP contribution in [0.25, 0.3) is 0 Å². The van der Waals surface area contributed by atoms with Crippen LogP contribution in [0.15, 0.2) is 28.7 Å². The van der Waals surface area contributed by atoms with Crippen LogP contribution in [-0.4, -0.2) is 47.1 Å². The van der Waals surface area contributed by atoms with Gasteiger partial charge in [-0.3, -0.25) is 9.59 Å². The summed E-state index contributed by atoms with van der Waals surface area (Å²) in [5.74, 6) is -0.467. The third kappa shape index (κ3) is 3.54. The number of β-amino-alcohol motifs (C(OH)–C–C–N with tert-alkyl or cyclic N) is 1. The Labute approximate surface area is 119 Å². The molecule has 0 atom stereocenters. The summed E-state index contributed by atoms with van der Waals surface area (Å²) in [6.45, 7) is 2.27. The summed E-state index contributed by atoms with van der Waals surface area (Å²) in [7, 11) is 0. The predicted octanol–water partition coefficient (Wildman–Crippen LogP) is 0.772. The van der Waals surface area contributed by atoms with Crippen molar-refractivity contribution in [2.45, 2.75) is 12.5 Å². The molecule has 1 aromatic rings. The Bertz CT molecular complexity index is 491. The molecule has 19 heavy (non-hydrogen) atoms. The lowest BCUT2D eigenvalue weighted by atomic mass is 9.97. The fraction of sp³-hybridized carbons (Fsp3) is 0.385. The van der Waals surface area contributed by atoms with Crippen molar-refractivity contribution in [3.05, 3.63) is 34.3 Å². The van der Waals surface area contributed by atoms with E-state index in [1.807, 2.05) is 0 Å². The first-order valence-corrected chi connectivity index (χ1v) is 6.71. The predicted molar refractivity (Wildman–Crippen MR) is 73.7 cm³/mol. The fourth-order valence-electron chi connectivity index (χ4n) is 1.92. The Kier molecular flexibility index (Phi) is 3.91. The highest BCUT2D eigenvalue weighted by molar-refractivity contribution is 9.10. The van der Waals surface area contributed by atoms with Gasteiger partial charge in [0.2, 0.25) is 5.91 Å². The average Bonchev–Trinajstić information content (AvgIpc) is 2.33. The third-order valence-electron chi connectivity index (χ3n) is 2.92. The van der Waals surface area contributed by atoms with Crippen LogP contribution in [-0.2, 0) is 4.79 Å². The molecule has 1 aliphatic heterocycles. The average molecular weight is 327 g/mol. The smallest absolute Gasteiger partial charge is 0.251 e. The molecule has 1 saturated heterocycles. The van der Waals surface area contributed by atoms with Crippen LogP contribution in [0.4, 0.5) is 0 Å². The fourth-order valence-corrected chi connectivity index (χ4v) is 2.19. The van der Waals surface area contributed by atoms with Crippen molar-refractivity contribution in [1.82, 2.24) is 10.2 Å². The number of nitrogens with zero attached hydrogens (tertiary/aromatic N) is 1. The number of hydrogen-bond acceptors (Lipinski definition) is 3. The van der Waals surface area contributed by atoms with Gasteiger partial charge in [0.15, 0.2) is 0 Å². The first kappa shape index (κ1) is 14.0. The number of likely N-dealkylation sites (tertiary alicyclic amines) is 1. The lowest BCUT2D eigenvalue weighted by Gasteiger charge is -2.44. The Morgan fingerprint density at radius 2 is 1.95 bits per heavy atom. The molecule has 1 fully saturated rings. The van der Waals surface area contributed by atoms with Gasteiger partial charge in [0, 0.05) is 10.0 Å². The molecule has 6 heteroatoms. The van der Waals surface area contributed by atoms with Crippen LogP contribution in [0.3, 0.4) is 0 Å². The molecular formula is C13H15BrN2O3. The second-order valence-corrected chi connectivity index (χ2v) is 5.85. The maximum absolute atomic E-state index is 11.8. The molecular weight excluding hydrogens is 312 g/mol. The van der Waals surface area contributed by atoms with Crippen molar-refractivity contribution in [2.75, 3.05) is 19.6 Å². The molecule has 0 spiro atoms. The molecule has 1 heterocycles. The minimum Gasteiger partial charge on any atom is -0.386 e.